The third-order valence-electron chi connectivity index (χ3n) is 4.59. The lowest BCUT2D eigenvalue weighted by Crippen LogP contribution is -2.55. The summed E-state index contributed by atoms with van der Waals surface area (Å²) in [4.78, 5) is 2.44. The summed E-state index contributed by atoms with van der Waals surface area (Å²) in [6, 6.07) is 13.6. The molecule has 0 bridgehead atoms. The maximum Gasteiger partial charge on any atom is 0.141 e. The largest absolute Gasteiger partial charge is 0.311 e. The van der Waals surface area contributed by atoms with Crippen molar-refractivity contribution in [2.75, 3.05) is 13.1 Å². The van der Waals surface area contributed by atoms with Gasteiger partial charge in [0.2, 0.25) is 0 Å². The van der Waals surface area contributed by atoms with Crippen molar-refractivity contribution in [1.29, 1.82) is 0 Å². The Kier molecular flexibility index (Phi) is 5.46. The number of piperazine rings is 1. The van der Waals surface area contributed by atoms with Gasteiger partial charge in [-0.05, 0) is 49.2 Å². The first-order chi connectivity index (χ1) is 11.5. The molecule has 0 amide bonds. The fourth-order valence-electron chi connectivity index (χ4n) is 3.31. The van der Waals surface area contributed by atoms with Gasteiger partial charge in [-0.3, -0.25) is 4.90 Å². The minimum Gasteiger partial charge on any atom is -0.311 e. The lowest BCUT2D eigenvalue weighted by atomic mass is 9.94. The van der Waals surface area contributed by atoms with E-state index in [1.54, 1.807) is 6.07 Å². The number of rotatable bonds is 3. The SMILES string of the molecule is C[C@@H]1CN[C@@H](C)CN1C(c1ccc(Cl)cc1)c1ccc(F)c(Cl)c1. The lowest BCUT2D eigenvalue weighted by Gasteiger charge is -2.43. The van der Waals surface area contributed by atoms with Gasteiger partial charge in [-0.15, -0.1) is 0 Å². The van der Waals surface area contributed by atoms with Crippen molar-refractivity contribution in [3.8, 4) is 0 Å². The number of hydrogen-bond acceptors (Lipinski definition) is 2. The number of halogens is 3. The van der Waals surface area contributed by atoms with Gasteiger partial charge in [-0.25, -0.2) is 4.39 Å². The van der Waals surface area contributed by atoms with Crippen LogP contribution in [0.1, 0.15) is 31.0 Å². The van der Waals surface area contributed by atoms with Crippen LogP contribution in [0.3, 0.4) is 0 Å². The van der Waals surface area contributed by atoms with Gasteiger partial charge in [0.1, 0.15) is 5.82 Å². The molecule has 128 valence electrons. The molecule has 2 nitrogen and oxygen atoms in total. The molecule has 1 heterocycles. The van der Waals surface area contributed by atoms with E-state index < -0.39 is 5.82 Å². The van der Waals surface area contributed by atoms with E-state index in [-0.39, 0.29) is 11.1 Å². The van der Waals surface area contributed by atoms with Crippen LogP contribution in [0.5, 0.6) is 0 Å². The van der Waals surface area contributed by atoms with Crippen molar-refractivity contribution in [2.45, 2.75) is 32.0 Å². The van der Waals surface area contributed by atoms with E-state index in [1.165, 1.54) is 6.07 Å². The van der Waals surface area contributed by atoms with Crippen LogP contribution >= 0.6 is 23.2 Å². The van der Waals surface area contributed by atoms with Crippen LogP contribution < -0.4 is 5.32 Å². The van der Waals surface area contributed by atoms with Crippen molar-refractivity contribution < 1.29 is 4.39 Å². The maximum atomic E-state index is 13.6. The third-order valence-corrected chi connectivity index (χ3v) is 5.13. The van der Waals surface area contributed by atoms with Gasteiger partial charge in [-0.2, -0.15) is 0 Å². The molecule has 1 unspecified atom stereocenters. The minimum absolute atomic E-state index is 0.0138. The Balaban J connectivity index is 2.05. The van der Waals surface area contributed by atoms with Crippen molar-refractivity contribution in [2.24, 2.45) is 0 Å². The molecule has 0 spiro atoms. The zero-order chi connectivity index (χ0) is 17.3. The van der Waals surface area contributed by atoms with Crippen LogP contribution in [0, 0.1) is 5.82 Å². The van der Waals surface area contributed by atoms with Crippen LogP contribution in [0.4, 0.5) is 4.39 Å². The van der Waals surface area contributed by atoms with Gasteiger partial charge in [0.15, 0.2) is 0 Å². The predicted octanol–water partition coefficient (Wildman–Crippen LogP) is 4.90. The molecule has 0 aromatic heterocycles. The van der Waals surface area contributed by atoms with Gasteiger partial charge in [-0.1, -0.05) is 41.4 Å². The molecule has 1 aliphatic heterocycles. The highest BCUT2D eigenvalue weighted by Crippen LogP contribution is 2.34. The van der Waals surface area contributed by atoms with E-state index in [1.807, 2.05) is 30.3 Å². The van der Waals surface area contributed by atoms with E-state index in [0.717, 1.165) is 24.2 Å². The van der Waals surface area contributed by atoms with Crippen molar-refractivity contribution in [1.82, 2.24) is 10.2 Å². The molecule has 5 heteroatoms. The lowest BCUT2D eigenvalue weighted by molar-refractivity contribution is 0.113. The van der Waals surface area contributed by atoms with Gasteiger partial charge in [0.25, 0.3) is 0 Å². The summed E-state index contributed by atoms with van der Waals surface area (Å²) in [5, 5.41) is 4.36. The summed E-state index contributed by atoms with van der Waals surface area (Å²) in [5.41, 5.74) is 2.12. The first-order valence-corrected chi connectivity index (χ1v) is 8.91. The minimum atomic E-state index is -0.392. The molecule has 3 atom stereocenters. The topological polar surface area (TPSA) is 15.3 Å². The summed E-state index contributed by atoms with van der Waals surface area (Å²) in [6.07, 6.45) is 0. The molecule has 1 fully saturated rings. The molecule has 0 radical (unpaired) electrons. The van der Waals surface area contributed by atoms with Crippen LogP contribution in [0.25, 0.3) is 0 Å². The molecular weight excluding hydrogens is 346 g/mol. The second-order valence-corrected chi connectivity index (χ2v) is 7.33. The number of hydrogen-bond donors (Lipinski definition) is 1. The number of nitrogens with one attached hydrogen (secondary N) is 1. The zero-order valence-electron chi connectivity index (χ0n) is 13.8. The fourth-order valence-corrected chi connectivity index (χ4v) is 3.63. The molecule has 0 saturated carbocycles. The first kappa shape index (κ1) is 17.7. The Hall–Kier alpha value is -1.13. The predicted molar refractivity (Wildman–Crippen MR) is 98.3 cm³/mol. The molecule has 24 heavy (non-hydrogen) atoms. The Bertz CT molecular complexity index is 705. The molecule has 2 aromatic carbocycles. The average Bonchev–Trinajstić information content (AvgIpc) is 2.56. The first-order valence-electron chi connectivity index (χ1n) is 8.15. The van der Waals surface area contributed by atoms with Crippen LogP contribution in [0.15, 0.2) is 42.5 Å². The zero-order valence-corrected chi connectivity index (χ0v) is 15.3. The summed E-state index contributed by atoms with van der Waals surface area (Å²) in [7, 11) is 0. The van der Waals surface area contributed by atoms with Crippen LogP contribution in [-0.2, 0) is 0 Å². The van der Waals surface area contributed by atoms with E-state index in [2.05, 4.69) is 24.1 Å². The number of nitrogens with zero attached hydrogens (tertiary/aromatic N) is 1. The summed E-state index contributed by atoms with van der Waals surface area (Å²) < 4.78 is 13.6. The fraction of sp³-hybridized carbons (Fsp3) is 0.368. The van der Waals surface area contributed by atoms with Gasteiger partial charge in [0, 0.05) is 30.2 Å². The second-order valence-electron chi connectivity index (χ2n) is 6.48. The summed E-state index contributed by atoms with van der Waals surface area (Å²) in [5.74, 6) is -0.392. The van der Waals surface area contributed by atoms with Crippen LogP contribution in [0.2, 0.25) is 10.0 Å². The van der Waals surface area contributed by atoms with E-state index in [9.17, 15) is 4.39 Å². The molecule has 0 aliphatic carbocycles. The Labute approximate surface area is 152 Å². The van der Waals surface area contributed by atoms with Crippen molar-refractivity contribution in [3.05, 3.63) is 69.5 Å². The van der Waals surface area contributed by atoms with E-state index in [0.29, 0.717) is 17.1 Å². The van der Waals surface area contributed by atoms with Crippen LogP contribution in [-0.4, -0.2) is 30.1 Å². The quantitative estimate of drug-likeness (QED) is 0.830. The van der Waals surface area contributed by atoms with Gasteiger partial charge >= 0.3 is 0 Å². The van der Waals surface area contributed by atoms with Gasteiger partial charge in [0.05, 0.1) is 11.1 Å². The third kappa shape index (κ3) is 3.75. The van der Waals surface area contributed by atoms with E-state index in [4.69, 9.17) is 23.2 Å². The average molecular weight is 367 g/mol. The highest BCUT2D eigenvalue weighted by atomic mass is 35.5. The summed E-state index contributed by atoms with van der Waals surface area (Å²) >= 11 is 12.1. The van der Waals surface area contributed by atoms with E-state index >= 15 is 0 Å². The Morgan fingerprint density at radius 2 is 1.75 bits per heavy atom. The monoisotopic (exact) mass is 366 g/mol. The molecule has 1 aliphatic rings. The van der Waals surface area contributed by atoms with Crippen molar-refractivity contribution in [3.63, 3.8) is 0 Å². The second kappa shape index (κ2) is 7.40. The molecular formula is C19H21Cl2FN2. The molecule has 3 rings (SSSR count). The maximum absolute atomic E-state index is 13.6. The highest BCUT2D eigenvalue weighted by Gasteiger charge is 2.31. The van der Waals surface area contributed by atoms with Gasteiger partial charge < -0.3 is 5.32 Å². The molecule has 2 aromatic rings. The molecule has 1 N–H and O–H groups in total. The van der Waals surface area contributed by atoms with Crippen molar-refractivity contribution >= 4 is 23.2 Å². The standard InChI is InChI=1S/C19H21Cl2FN2/c1-12-11-24(13(2)10-23-12)19(14-3-6-16(20)7-4-14)15-5-8-18(22)17(21)9-15/h3-9,12-13,19,23H,10-11H2,1-2H3/t12-,13+,19?/m0/s1. The Morgan fingerprint density at radius 3 is 2.42 bits per heavy atom. The Morgan fingerprint density at radius 1 is 1.08 bits per heavy atom. The smallest absolute Gasteiger partial charge is 0.141 e. The summed E-state index contributed by atoms with van der Waals surface area (Å²) in [6.45, 7) is 6.20. The molecule has 1 saturated heterocycles. The normalized spacial score (nSPS) is 23.2. The number of benzene rings is 2. The highest BCUT2D eigenvalue weighted by molar-refractivity contribution is 6.31.